The molecule has 0 unspecified atom stereocenters. The summed E-state index contributed by atoms with van der Waals surface area (Å²) in [5.41, 5.74) is -0.297. The molecule has 15 heavy (non-hydrogen) atoms. The number of hydrogen-bond donors (Lipinski definition) is 2. The number of anilines is 1. The average Bonchev–Trinajstić information content (AvgIpc) is 2.25. The lowest BCUT2D eigenvalue weighted by Crippen LogP contribution is -2.22. The number of aromatic nitrogens is 2. The third-order valence-electron chi connectivity index (χ3n) is 1.78. The Morgan fingerprint density at radius 3 is 2.67 bits per heavy atom. The van der Waals surface area contributed by atoms with Gasteiger partial charge in [0, 0.05) is 25.5 Å². The number of nitrogens with zero attached hydrogens (tertiary/aromatic N) is 2. The van der Waals surface area contributed by atoms with Gasteiger partial charge in [-0.1, -0.05) is 6.92 Å². The lowest BCUT2D eigenvalue weighted by Gasteiger charge is -2.08. The van der Waals surface area contributed by atoms with Gasteiger partial charge in [-0.25, -0.2) is 18.7 Å². The zero-order valence-electron chi connectivity index (χ0n) is 8.50. The summed E-state index contributed by atoms with van der Waals surface area (Å²) < 4.78 is 24.9. The fraction of sp³-hybridized carbons (Fsp3) is 0.556. The van der Waals surface area contributed by atoms with E-state index in [1.54, 1.807) is 0 Å². The van der Waals surface area contributed by atoms with E-state index in [2.05, 4.69) is 20.6 Å². The van der Waals surface area contributed by atoms with E-state index in [4.69, 9.17) is 0 Å². The largest absolute Gasteiger partial charge is 0.367 e. The van der Waals surface area contributed by atoms with Gasteiger partial charge >= 0.3 is 0 Å². The molecule has 0 saturated heterocycles. The SMILES string of the molecule is CCNCCNc1nccnc1C(F)F. The fourth-order valence-corrected chi connectivity index (χ4v) is 1.09. The number of hydrogen-bond acceptors (Lipinski definition) is 4. The van der Waals surface area contributed by atoms with Gasteiger partial charge in [0.25, 0.3) is 6.43 Å². The highest BCUT2D eigenvalue weighted by molar-refractivity contribution is 5.39. The van der Waals surface area contributed by atoms with Crippen LogP contribution in [-0.2, 0) is 0 Å². The lowest BCUT2D eigenvalue weighted by molar-refractivity contribution is 0.146. The third kappa shape index (κ3) is 3.75. The van der Waals surface area contributed by atoms with Crippen molar-refractivity contribution >= 4 is 5.82 Å². The normalized spacial score (nSPS) is 10.7. The summed E-state index contributed by atoms with van der Waals surface area (Å²) in [7, 11) is 0. The summed E-state index contributed by atoms with van der Waals surface area (Å²) in [4.78, 5) is 7.40. The second kappa shape index (κ2) is 6.23. The Kier molecular flexibility index (Phi) is 4.89. The maximum atomic E-state index is 12.4. The molecule has 0 atom stereocenters. The highest BCUT2D eigenvalue weighted by atomic mass is 19.3. The van der Waals surface area contributed by atoms with Crippen LogP contribution in [0.3, 0.4) is 0 Å². The molecule has 0 amide bonds. The van der Waals surface area contributed by atoms with Crippen LogP contribution in [0.2, 0.25) is 0 Å². The van der Waals surface area contributed by atoms with Crippen molar-refractivity contribution in [2.24, 2.45) is 0 Å². The molecule has 4 nitrogen and oxygen atoms in total. The van der Waals surface area contributed by atoms with Gasteiger partial charge in [0.15, 0.2) is 5.82 Å². The van der Waals surface area contributed by atoms with E-state index in [9.17, 15) is 8.78 Å². The summed E-state index contributed by atoms with van der Waals surface area (Å²) in [6.45, 7) is 4.08. The van der Waals surface area contributed by atoms with Crippen molar-refractivity contribution < 1.29 is 8.78 Å². The molecule has 0 aliphatic heterocycles. The van der Waals surface area contributed by atoms with Crippen molar-refractivity contribution in [3.8, 4) is 0 Å². The molecule has 1 heterocycles. The van der Waals surface area contributed by atoms with Crippen LogP contribution >= 0.6 is 0 Å². The van der Waals surface area contributed by atoms with Gasteiger partial charge in [0.2, 0.25) is 0 Å². The first kappa shape index (κ1) is 11.8. The zero-order chi connectivity index (χ0) is 11.1. The molecule has 0 aliphatic carbocycles. The first-order chi connectivity index (χ1) is 7.25. The maximum Gasteiger partial charge on any atom is 0.283 e. The highest BCUT2D eigenvalue weighted by Gasteiger charge is 2.14. The Bertz CT molecular complexity index is 293. The molecule has 0 spiro atoms. The molecular weight excluding hydrogens is 202 g/mol. The van der Waals surface area contributed by atoms with E-state index in [-0.39, 0.29) is 11.5 Å². The predicted molar refractivity (Wildman–Crippen MR) is 54.0 cm³/mol. The van der Waals surface area contributed by atoms with Gasteiger partial charge in [-0.15, -0.1) is 0 Å². The summed E-state index contributed by atoms with van der Waals surface area (Å²) in [6.07, 6.45) is 0.0543. The van der Waals surface area contributed by atoms with E-state index >= 15 is 0 Å². The Morgan fingerprint density at radius 1 is 1.27 bits per heavy atom. The van der Waals surface area contributed by atoms with Crippen LogP contribution in [0.5, 0.6) is 0 Å². The van der Waals surface area contributed by atoms with Gasteiger partial charge in [0.1, 0.15) is 5.69 Å². The van der Waals surface area contributed by atoms with Gasteiger partial charge in [-0.2, -0.15) is 0 Å². The number of rotatable bonds is 6. The minimum absolute atomic E-state index is 0.158. The van der Waals surface area contributed by atoms with Crippen LogP contribution in [0.15, 0.2) is 12.4 Å². The van der Waals surface area contributed by atoms with Crippen molar-refractivity contribution in [1.82, 2.24) is 15.3 Å². The average molecular weight is 216 g/mol. The summed E-state index contributed by atoms with van der Waals surface area (Å²) in [5, 5.41) is 5.88. The van der Waals surface area contributed by atoms with Crippen LogP contribution in [0.4, 0.5) is 14.6 Å². The Morgan fingerprint density at radius 2 is 2.00 bits per heavy atom. The molecule has 84 valence electrons. The second-order valence-corrected chi connectivity index (χ2v) is 2.87. The minimum Gasteiger partial charge on any atom is -0.367 e. The van der Waals surface area contributed by atoms with Gasteiger partial charge in [0.05, 0.1) is 0 Å². The highest BCUT2D eigenvalue weighted by Crippen LogP contribution is 2.21. The molecule has 0 aromatic carbocycles. The number of halogens is 2. The second-order valence-electron chi connectivity index (χ2n) is 2.87. The summed E-state index contributed by atoms with van der Waals surface area (Å²) in [5.74, 6) is 0.158. The van der Waals surface area contributed by atoms with E-state index in [1.807, 2.05) is 6.92 Å². The van der Waals surface area contributed by atoms with E-state index in [0.717, 1.165) is 6.54 Å². The molecule has 1 rings (SSSR count). The van der Waals surface area contributed by atoms with Crippen molar-refractivity contribution in [2.45, 2.75) is 13.3 Å². The Hall–Kier alpha value is -1.30. The maximum absolute atomic E-state index is 12.4. The van der Waals surface area contributed by atoms with Crippen LogP contribution < -0.4 is 10.6 Å². The molecule has 0 radical (unpaired) electrons. The van der Waals surface area contributed by atoms with Crippen molar-refractivity contribution in [2.75, 3.05) is 25.0 Å². The summed E-state index contributed by atoms with van der Waals surface area (Å²) in [6, 6.07) is 0. The summed E-state index contributed by atoms with van der Waals surface area (Å²) >= 11 is 0. The molecule has 0 aliphatic rings. The Labute approximate surface area is 87.1 Å². The van der Waals surface area contributed by atoms with Gasteiger partial charge in [-0.3, -0.25) is 0 Å². The number of alkyl halides is 2. The number of likely N-dealkylation sites (N-methyl/N-ethyl adjacent to an activating group) is 1. The molecule has 1 aromatic heterocycles. The smallest absolute Gasteiger partial charge is 0.283 e. The topological polar surface area (TPSA) is 49.8 Å². The molecule has 2 N–H and O–H groups in total. The van der Waals surface area contributed by atoms with E-state index < -0.39 is 6.43 Å². The van der Waals surface area contributed by atoms with Crippen LogP contribution in [0.25, 0.3) is 0 Å². The minimum atomic E-state index is -2.60. The zero-order valence-corrected chi connectivity index (χ0v) is 8.50. The van der Waals surface area contributed by atoms with Crippen LogP contribution in [0, 0.1) is 0 Å². The van der Waals surface area contributed by atoms with Crippen LogP contribution in [0.1, 0.15) is 19.0 Å². The van der Waals surface area contributed by atoms with Gasteiger partial charge < -0.3 is 10.6 Å². The molecule has 0 fully saturated rings. The lowest BCUT2D eigenvalue weighted by atomic mass is 10.4. The molecule has 1 aromatic rings. The molecule has 0 saturated carbocycles. The van der Waals surface area contributed by atoms with E-state index in [0.29, 0.717) is 13.1 Å². The monoisotopic (exact) mass is 216 g/mol. The number of nitrogens with one attached hydrogen (secondary N) is 2. The quantitative estimate of drug-likeness (QED) is 0.706. The van der Waals surface area contributed by atoms with Crippen molar-refractivity contribution in [1.29, 1.82) is 0 Å². The standard InChI is InChI=1S/C9H14F2N4/c1-2-12-3-4-14-9-7(8(10)11)13-5-6-15-9/h5-6,8,12H,2-4H2,1H3,(H,14,15). The van der Waals surface area contributed by atoms with Crippen molar-refractivity contribution in [3.05, 3.63) is 18.1 Å². The molecule has 6 heteroatoms. The first-order valence-electron chi connectivity index (χ1n) is 4.79. The third-order valence-corrected chi connectivity index (χ3v) is 1.78. The molecule has 0 bridgehead atoms. The predicted octanol–water partition coefficient (Wildman–Crippen LogP) is 1.44. The van der Waals surface area contributed by atoms with Gasteiger partial charge in [-0.05, 0) is 6.54 Å². The fourth-order valence-electron chi connectivity index (χ4n) is 1.09. The Balaban J connectivity index is 2.52. The first-order valence-corrected chi connectivity index (χ1v) is 4.79. The van der Waals surface area contributed by atoms with Crippen LogP contribution in [-0.4, -0.2) is 29.6 Å². The molecular formula is C9H14F2N4. The van der Waals surface area contributed by atoms with Crippen molar-refractivity contribution in [3.63, 3.8) is 0 Å². The van der Waals surface area contributed by atoms with E-state index in [1.165, 1.54) is 12.4 Å².